The molecule has 0 saturated carbocycles. The molecule has 0 aliphatic rings. The number of carbonyl (C=O) groups excluding carboxylic acids is 1. The van der Waals surface area contributed by atoms with Crippen LogP contribution in [0.15, 0.2) is 40.7 Å². The minimum absolute atomic E-state index is 0.322. The van der Waals surface area contributed by atoms with Gasteiger partial charge in [0.15, 0.2) is 4.34 Å². The van der Waals surface area contributed by atoms with Crippen LogP contribution in [0.3, 0.4) is 0 Å². The van der Waals surface area contributed by atoms with E-state index in [0.717, 1.165) is 5.56 Å². The molecule has 0 atom stereocenters. The van der Waals surface area contributed by atoms with Crippen LogP contribution in [-0.2, 0) is 5.75 Å². The quantitative estimate of drug-likeness (QED) is 0.358. The van der Waals surface area contributed by atoms with E-state index in [1.54, 1.807) is 24.3 Å². The Morgan fingerprint density at radius 1 is 1.15 bits per heavy atom. The minimum Gasteiger partial charge on any atom is -0.496 e. The van der Waals surface area contributed by atoms with Gasteiger partial charge in [0.2, 0.25) is 5.13 Å². The van der Waals surface area contributed by atoms with E-state index in [9.17, 15) is 4.79 Å². The largest absolute Gasteiger partial charge is 0.496 e. The summed E-state index contributed by atoms with van der Waals surface area (Å²) in [7, 11) is 1.49. The van der Waals surface area contributed by atoms with Crippen LogP contribution in [0.5, 0.6) is 5.75 Å². The number of methoxy groups -OCH3 is 1. The molecular formula is C17H12Cl3N3O2S2. The molecule has 140 valence electrons. The number of nitrogens with zero attached hydrogens (tertiary/aromatic N) is 2. The number of amides is 1. The van der Waals surface area contributed by atoms with Crippen molar-refractivity contribution < 1.29 is 9.53 Å². The molecule has 0 saturated heterocycles. The van der Waals surface area contributed by atoms with Gasteiger partial charge in [-0.1, -0.05) is 64.0 Å². The molecule has 0 unspecified atom stereocenters. The Kier molecular flexibility index (Phi) is 6.83. The zero-order chi connectivity index (χ0) is 19.4. The van der Waals surface area contributed by atoms with Crippen LogP contribution in [0.4, 0.5) is 5.13 Å². The maximum Gasteiger partial charge on any atom is 0.261 e. The summed E-state index contributed by atoms with van der Waals surface area (Å²) in [5.41, 5.74) is 1.26. The number of nitrogens with one attached hydrogen (secondary N) is 1. The minimum atomic E-state index is -0.372. The predicted molar refractivity (Wildman–Crippen MR) is 112 cm³/mol. The van der Waals surface area contributed by atoms with Gasteiger partial charge in [0, 0.05) is 20.8 Å². The van der Waals surface area contributed by atoms with Crippen LogP contribution in [-0.4, -0.2) is 23.2 Å². The summed E-state index contributed by atoms with van der Waals surface area (Å²) >= 11 is 20.8. The zero-order valence-corrected chi connectivity index (χ0v) is 17.7. The molecule has 1 N–H and O–H groups in total. The number of benzene rings is 2. The normalized spacial score (nSPS) is 10.7. The second kappa shape index (κ2) is 9.12. The Balaban J connectivity index is 1.65. The molecule has 0 bridgehead atoms. The molecule has 0 fully saturated rings. The van der Waals surface area contributed by atoms with Crippen LogP contribution in [0.25, 0.3) is 0 Å². The van der Waals surface area contributed by atoms with E-state index in [-0.39, 0.29) is 5.91 Å². The maximum atomic E-state index is 12.5. The molecule has 1 heterocycles. The summed E-state index contributed by atoms with van der Waals surface area (Å²) in [6, 6.07) is 10.2. The Morgan fingerprint density at radius 3 is 2.63 bits per heavy atom. The topological polar surface area (TPSA) is 64.1 Å². The molecule has 3 aromatic rings. The summed E-state index contributed by atoms with van der Waals surface area (Å²) < 4.78 is 5.90. The highest BCUT2D eigenvalue weighted by Crippen LogP contribution is 2.32. The Hall–Kier alpha value is -1.51. The molecule has 0 aliphatic heterocycles. The monoisotopic (exact) mass is 459 g/mol. The van der Waals surface area contributed by atoms with E-state index in [1.165, 1.54) is 36.3 Å². The second-order valence-corrected chi connectivity index (χ2v) is 8.68. The van der Waals surface area contributed by atoms with Crippen LogP contribution >= 0.6 is 57.9 Å². The Labute approximate surface area is 179 Å². The van der Waals surface area contributed by atoms with Crippen molar-refractivity contribution in [1.29, 1.82) is 0 Å². The lowest BCUT2D eigenvalue weighted by Gasteiger charge is -2.07. The highest BCUT2D eigenvalue weighted by molar-refractivity contribution is 8.00. The van der Waals surface area contributed by atoms with E-state index in [4.69, 9.17) is 39.5 Å². The third-order valence-corrected chi connectivity index (χ3v) is 6.24. The number of rotatable bonds is 6. The molecule has 0 spiro atoms. The molecule has 3 rings (SSSR count). The predicted octanol–water partition coefficient (Wildman–Crippen LogP) is 6.05. The van der Waals surface area contributed by atoms with E-state index in [1.807, 2.05) is 6.07 Å². The number of carbonyl (C=O) groups is 1. The number of aromatic nitrogens is 2. The third-order valence-electron chi connectivity index (χ3n) is 3.40. The van der Waals surface area contributed by atoms with E-state index < -0.39 is 0 Å². The van der Waals surface area contributed by atoms with Gasteiger partial charge in [-0.15, -0.1) is 10.2 Å². The standard InChI is InChI=1S/C17H12Cl3N3O2S2/c1-25-14-5-4-10(18)6-12(14)15(24)21-16-22-23-17(27-16)26-8-9-2-3-11(19)7-13(9)20/h2-7H,8H2,1H3,(H,21,22,24). The molecule has 1 aromatic heterocycles. The van der Waals surface area contributed by atoms with Gasteiger partial charge in [-0.25, -0.2) is 0 Å². The molecule has 2 aromatic carbocycles. The summed E-state index contributed by atoms with van der Waals surface area (Å²) in [6.45, 7) is 0. The highest BCUT2D eigenvalue weighted by Gasteiger charge is 2.16. The summed E-state index contributed by atoms with van der Waals surface area (Å²) in [6.07, 6.45) is 0. The van der Waals surface area contributed by atoms with Crippen molar-refractivity contribution >= 4 is 68.9 Å². The summed E-state index contributed by atoms with van der Waals surface area (Å²) in [4.78, 5) is 12.5. The second-order valence-electron chi connectivity index (χ2n) is 5.20. The number of ether oxygens (including phenoxy) is 1. The van der Waals surface area contributed by atoms with Crippen molar-refractivity contribution in [3.05, 3.63) is 62.6 Å². The maximum absolute atomic E-state index is 12.5. The SMILES string of the molecule is COc1ccc(Cl)cc1C(=O)Nc1nnc(SCc2ccc(Cl)cc2Cl)s1. The molecule has 0 radical (unpaired) electrons. The fraction of sp³-hybridized carbons (Fsp3) is 0.118. The van der Waals surface area contributed by atoms with Crippen LogP contribution in [0, 0.1) is 0 Å². The number of halogens is 3. The molecule has 5 nitrogen and oxygen atoms in total. The average molecular weight is 461 g/mol. The van der Waals surface area contributed by atoms with Gasteiger partial charge >= 0.3 is 0 Å². The lowest BCUT2D eigenvalue weighted by Crippen LogP contribution is -2.13. The number of thioether (sulfide) groups is 1. The first-order chi connectivity index (χ1) is 13.0. The van der Waals surface area contributed by atoms with E-state index >= 15 is 0 Å². The first kappa shape index (κ1) is 20.2. The summed E-state index contributed by atoms with van der Waals surface area (Å²) in [5.74, 6) is 0.664. The van der Waals surface area contributed by atoms with Gasteiger partial charge in [-0.05, 0) is 35.9 Å². The van der Waals surface area contributed by atoms with Gasteiger partial charge in [0.25, 0.3) is 5.91 Å². The average Bonchev–Trinajstić information content (AvgIpc) is 3.08. The van der Waals surface area contributed by atoms with Gasteiger partial charge < -0.3 is 4.74 Å². The lowest BCUT2D eigenvalue weighted by atomic mass is 10.2. The van der Waals surface area contributed by atoms with Crippen LogP contribution < -0.4 is 10.1 Å². The lowest BCUT2D eigenvalue weighted by molar-refractivity contribution is 0.102. The highest BCUT2D eigenvalue weighted by atomic mass is 35.5. The number of hydrogen-bond donors (Lipinski definition) is 1. The molecular weight excluding hydrogens is 449 g/mol. The molecule has 27 heavy (non-hydrogen) atoms. The Bertz CT molecular complexity index is 982. The number of hydrogen-bond acceptors (Lipinski definition) is 6. The van der Waals surface area contributed by atoms with Crippen LogP contribution in [0.1, 0.15) is 15.9 Å². The van der Waals surface area contributed by atoms with Gasteiger partial charge in [0.05, 0.1) is 12.7 Å². The van der Waals surface area contributed by atoms with Crippen molar-refractivity contribution in [3.63, 3.8) is 0 Å². The Morgan fingerprint density at radius 2 is 1.89 bits per heavy atom. The zero-order valence-electron chi connectivity index (χ0n) is 13.8. The van der Waals surface area contributed by atoms with Gasteiger partial charge in [0.1, 0.15) is 5.75 Å². The van der Waals surface area contributed by atoms with Crippen molar-refractivity contribution in [3.8, 4) is 5.75 Å². The van der Waals surface area contributed by atoms with Crippen molar-refractivity contribution in [2.75, 3.05) is 12.4 Å². The fourth-order valence-corrected chi connectivity index (χ4v) is 4.60. The van der Waals surface area contributed by atoms with Crippen molar-refractivity contribution in [1.82, 2.24) is 10.2 Å². The fourth-order valence-electron chi connectivity index (χ4n) is 2.12. The van der Waals surface area contributed by atoms with E-state index in [2.05, 4.69) is 15.5 Å². The summed E-state index contributed by atoms with van der Waals surface area (Å²) in [5, 5.41) is 12.8. The van der Waals surface area contributed by atoms with E-state index in [0.29, 0.717) is 41.6 Å². The molecule has 1 amide bonds. The van der Waals surface area contributed by atoms with Crippen LogP contribution in [0.2, 0.25) is 15.1 Å². The van der Waals surface area contributed by atoms with Crippen molar-refractivity contribution in [2.45, 2.75) is 10.1 Å². The smallest absolute Gasteiger partial charge is 0.261 e. The molecule has 10 heteroatoms. The third kappa shape index (κ3) is 5.27. The molecule has 0 aliphatic carbocycles. The van der Waals surface area contributed by atoms with Crippen molar-refractivity contribution in [2.24, 2.45) is 0 Å². The van der Waals surface area contributed by atoms with Gasteiger partial charge in [-0.3, -0.25) is 10.1 Å². The van der Waals surface area contributed by atoms with Gasteiger partial charge in [-0.2, -0.15) is 0 Å². The first-order valence-corrected chi connectivity index (χ1v) is 10.4. The first-order valence-electron chi connectivity index (χ1n) is 7.51. The number of anilines is 1.